The van der Waals surface area contributed by atoms with Gasteiger partial charge in [0.15, 0.2) is 14.6 Å². The molecule has 0 saturated carbocycles. The van der Waals surface area contributed by atoms with Gasteiger partial charge in [0.1, 0.15) is 0 Å². The SMILES string of the molecule is CC(C)[C@H]1C[C@@H](O[Si](C)(C)C(C)(C)C)ON1Cc1ccccc1. The van der Waals surface area contributed by atoms with Crippen molar-refractivity contribution in [1.29, 1.82) is 0 Å². The second kappa shape index (κ2) is 7.05. The summed E-state index contributed by atoms with van der Waals surface area (Å²) in [4.78, 5) is 6.22. The van der Waals surface area contributed by atoms with Crippen LogP contribution < -0.4 is 0 Å². The highest BCUT2D eigenvalue weighted by molar-refractivity contribution is 6.74. The molecule has 0 radical (unpaired) electrons. The molecular formula is C19H33NO2Si. The summed E-state index contributed by atoms with van der Waals surface area (Å²) in [7, 11) is -1.81. The van der Waals surface area contributed by atoms with Gasteiger partial charge in [0, 0.05) is 19.0 Å². The molecule has 0 N–H and O–H groups in total. The quantitative estimate of drug-likeness (QED) is 0.691. The third-order valence-corrected chi connectivity index (χ3v) is 9.70. The lowest BCUT2D eigenvalue weighted by atomic mass is 10.0. The first-order chi connectivity index (χ1) is 10.6. The average Bonchev–Trinajstić information content (AvgIpc) is 2.80. The molecule has 1 heterocycles. The molecule has 23 heavy (non-hydrogen) atoms. The van der Waals surface area contributed by atoms with Gasteiger partial charge in [-0.1, -0.05) is 65.0 Å². The van der Waals surface area contributed by atoms with Crippen molar-refractivity contribution in [2.45, 2.75) is 78.0 Å². The molecule has 1 aliphatic heterocycles. The van der Waals surface area contributed by atoms with E-state index in [1.807, 2.05) is 0 Å². The van der Waals surface area contributed by atoms with Gasteiger partial charge in [0.2, 0.25) is 0 Å². The summed E-state index contributed by atoms with van der Waals surface area (Å²) in [6.07, 6.45) is 0.851. The minimum atomic E-state index is -1.81. The highest BCUT2D eigenvalue weighted by Crippen LogP contribution is 2.40. The van der Waals surface area contributed by atoms with Gasteiger partial charge in [-0.15, -0.1) is 0 Å². The minimum absolute atomic E-state index is 0.105. The topological polar surface area (TPSA) is 21.7 Å². The molecule has 0 aliphatic carbocycles. The van der Waals surface area contributed by atoms with E-state index in [2.05, 4.69) is 83.1 Å². The Morgan fingerprint density at radius 3 is 2.35 bits per heavy atom. The molecule has 0 unspecified atom stereocenters. The Balaban J connectivity index is 2.06. The number of hydroxylamine groups is 2. The zero-order valence-electron chi connectivity index (χ0n) is 15.8. The molecule has 1 fully saturated rings. The monoisotopic (exact) mass is 335 g/mol. The van der Waals surface area contributed by atoms with E-state index in [-0.39, 0.29) is 11.3 Å². The molecule has 130 valence electrons. The zero-order valence-corrected chi connectivity index (χ0v) is 16.8. The van der Waals surface area contributed by atoms with Crippen molar-refractivity contribution >= 4 is 8.32 Å². The van der Waals surface area contributed by atoms with Crippen LogP contribution in [0, 0.1) is 5.92 Å². The second-order valence-electron chi connectivity index (χ2n) is 8.52. The molecule has 2 rings (SSSR count). The highest BCUT2D eigenvalue weighted by Gasteiger charge is 2.44. The Labute approximate surface area is 143 Å². The summed E-state index contributed by atoms with van der Waals surface area (Å²) in [5.41, 5.74) is 1.28. The fraction of sp³-hybridized carbons (Fsp3) is 0.684. The maximum Gasteiger partial charge on any atom is 0.195 e. The summed E-state index contributed by atoms with van der Waals surface area (Å²) in [6.45, 7) is 16.8. The Morgan fingerprint density at radius 1 is 1.22 bits per heavy atom. The third kappa shape index (κ3) is 4.66. The largest absolute Gasteiger partial charge is 0.391 e. The van der Waals surface area contributed by atoms with E-state index in [0.29, 0.717) is 12.0 Å². The number of hydrogen-bond donors (Lipinski definition) is 0. The van der Waals surface area contributed by atoms with Gasteiger partial charge in [0.05, 0.1) is 0 Å². The summed E-state index contributed by atoms with van der Waals surface area (Å²) in [5.74, 6) is 0.548. The highest BCUT2D eigenvalue weighted by atomic mass is 28.4. The first kappa shape index (κ1) is 18.7. The van der Waals surface area contributed by atoms with E-state index in [1.165, 1.54) is 5.56 Å². The van der Waals surface area contributed by atoms with Gasteiger partial charge < -0.3 is 4.43 Å². The minimum Gasteiger partial charge on any atom is -0.391 e. The Hall–Kier alpha value is -0.683. The first-order valence-corrected chi connectivity index (χ1v) is 11.7. The molecule has 1 aromatic carbocycles. The Morgan fingerprint density at radius 2 is 1.83 bits per heavy atom. The van der Waals surface area contributed by atoms with Gasteiger partial charge in [-0.2, -0.15) is 5.06 Å². The van der Waals surface area contributed by atoms with E-state index in [0.717, 1.165) is 13.0 Å². The summed E-state index contributed by atoms with van der Waals surface area (Å²) in [6, 6.07) is 10.9. The molecule has 1 aliphatic rings. The van der Waals surface area contributed by atoms with Crippen LogP contribution in [-0.4, -0.2) is 25.7 Å². The van der Waals surface area contributed by atoms with Gasteiger partial charge in [-0.05, 0) is 29.6 Å². The second-order valence-corrected chi connectivity index (χ2v) is 13.3. The molecule has 4 heteroatoms. The lowest BCUT2D eigenvalue weighted by Crippen LogP contribution is -2.44. The number of benzene rings is 1. The van der Waals surface area contributed by atoms with Crippen LogP contribution >= 0.6 is 0 Å². The van der Waals surface area contributed by atoms with E-state index in [1.54, 1.807) is 0 Å². The van der Waals surface area contributed by atoms with Gasteiger partial charge in [-0.25, -0.2) is 0 Å². The van der Waals surface area contributed by atoms with Crippen molar-refractivity contribution in [3.05, 3.63) is 35.9 Å². The normalized spacial score (nSPS) is 23.7. The molecule has 1 aromatic rings. The van der Waals surface area contributed by atoms with Crippen LogP contribution in [-0.2, 0) is 15.8 Å². The fourth-order valence-electron chi connectivity index (χ4n) is 2.68. The van der Waals surface area contributed by atoms with E-state index in [9.17, 15) is 0 Å². The molecule has 0 spiro atoms. The summed E-state index contributed by atoms with van der Waals surface area (Å²) >= 11 is 0. The molecule has 1 saturated heterocycles. The fourth-order valence-corrected chi connectivity index (χ4v) is 3.83. The van der Waals surface area contributed by atoms with E-state index >= 15 is 0 Å². The van der Waals surface area contributed by atoms with Crippen LogP contribution in [0.25, 0.3) is 0 Å². The van der Waals surface area contributed by atoms with Crippen LogP contribution in [0.15, 0.2) is 30.3 Å². The van der Waals surface area contributed by atoms with Crippen LogP contribution in [0.4, 0.5) is 0 Å². The average molecular weight is 336 g/mol. The molecule has 2 atom stereocenters. The molecule has 3 nitrogen and oxygen atoms in total. The third-order valence-electron chi connectivity index (χ3n) is 5.24. The number of hydrogen-bond acceptors (Lipinski definition) is 3. The van der Waals surface area contributed by atoms with Crippen LogP contribution in [0.1, 0.15) is 46.6 Å². The van der Waals surface area contributed by atoms with Gasteiger partial charge >= 0.3 is 0 Å². The van der Waals surface area contributed by atoms with Crippen molar-refractivity contribution in [3.8, 4) is 0 Å². The smallest absolute Gasteiger partial charge is 0.195 e. The molecule has 0 amide bonds. The van der Waals surface area contributed by atoms with Crippen molar-refractivity contribution in [2.24, 2.45) is 5.92 Å². The van der Waals surface area contributed by atoms with Crippen molar-refractivity contribution in [1.82, 2.24) is 5.06 Å². The van der Waals surface area contributed by atoms with Crippen molar-refractivity contribution < 1.29 is 9.26 Å². The van der Waals surface area contributed by atoms with Crippen LogP contribution in [0.3, 0.4) is 0 Å². The molecular weight excluding hydrogens is 302 g/mol. The van der Waals surface area contributed by atoms with Gasteiger partial charge in [-0.3, -0.25) is 4.84 Å². The number of nitrogens with zero attached hydrogens (tertiary/aromatic N) is 1. The van der Waals surface area contributed by atoms with Crippen LogP contribution in [0.2, 0.25) is 18.1 Å². The zero-order chi connectivity index (χ0) is 17.3. The van der Waals surface area contributed by atoms with Crippen molar-refractivity contribution in [2.75, 3.05) is 0 Å². The summed E-state index contributed by atoms with van der Waals surface area (Å²) in [5, 5.41) is 2.34. The maximum absolute atomic E-state index is 6.49. The predicted octanol–water partition coefficient (Wildman–Crippen LogP) is 5.20. The standard InChI is InChI=1S/C19H33NO2Si/c1-15(2)17-13-18(22-23(6,7)19(3,4)5)21-20(17)14-16-11-9-8-10-12-16/h8-12,15,17-18H,13-14H2,1-7H3/t17-,18-/m1/s1. The van der Waals surface area contributed by atoms with Crippen molar-refractivity contribution in [3.63, 3.8) is 0 Å². The first-order valence-electron chi connectivity index (χ1n) is 8.75. The Kier molecular flexibility index (Phi) is 5.72. The Bertz CT molecular complexity index is 496. The number of rotatable bonds is 5. The van der Waals surface area contributed by atoms with Gasteiger partial charge in [0.25, 0.3) is 0 Å². The lowest BCUT2D eigenvalue weighted by Gasteiger charge is -2.37. The van der Waals surface area contributed by atoms with E-state index < -0.39 is 8.32 Å². The molecule has 0 aromatic heterocycles. The maximum atomic E-state index is 6.49. The summed E-state index contributed by atoms with van der Waals surface area (Å²) < 4.78 is 6.49. The lowest BCUT2D eigenvalue weighted by molar-refractivity contribution is -0.224. The van der Waals surface area contributed by atoms with Crippen LogP contribution in [0.5, 0.6) is 0 Å². The molecule has 0 bridgehead atoms. The van der Waals surface area contributed by atoms with E-state index in [4.69, 9.17) is 9.26 Å². The predicted molar refractivity (Wildman–Crippen MR) is 98.4 cm³/mol.